The monoisotopic (exact) mass is 603 g/mol. The van der Waals surface area contributed by atoms with Gasteiger partial charge < -0.3 is 5.32 Å². The van der Waals surface area contributed by atoms with Gasteiger partial charge in [-0.2, -0.15) is 26.3 Å². The van der Waals surface area contributed by atoms with Gasteiger partial charge in [0.05, 0.1) is 32.0 Å². The molecule has 0 radical (unpaired) electrons. The predicted molar refractivity (Wildman–Crippen MR) is 130 cm³/mol. The lowest BCUT2D eigenvalue weighted by Crippen LogP contribution is -2.35. The van der Waals surface area contributed by atoms with Gasteiger partial charge in [-0.25, -0.2) is 4.39 Å². The fourth-order valence-corrected chi connectivity index (χ4v) is 4.51. The molecule has 0 saturated heterocycles. The normalized spacial score (nSPS) is 15.9. The maximum Gasteiger partial charge on any atom is 0.417 e. The smallest absolute Gasteiger partial charge is 0.353 e. The molecule has 3 rings (SSSR count). The van der Waals surface area contributed by atoms with E-state index in [1.807, 2.05) is 0 Å². The van der Waals surface area contributed by atoms with Crippen LogP contribution in [0.15, 0.2) is 36.4 Å². The van der Waals surface area contributed by atoms with Crippen molar-refractivity contribution >= 4 is 52.6 Å². The molecular formula is C25H19Cl3F7NO2. The molecule has 2 aromatic carbocycles. The Labute approximate surface area is 227 Å². The third-order valence-electron chi connectivity index (χ3n) is 6.06. The SMILES string of the molecule is O=C(CC1(C(=O)NCCF)CC1)c1ccc(/C=C/C(c2cc(Cl)c(Cl)c(Cl)c2)C(F)(F)F)cc1C(F)(F)F. The highest BCUT2D eigenvalue weighted by atomic mass is 35.5. The number of benzene rings is 2. The van der Waals surface area contributed by atoms with E-state index in [1.165, 1.54) is 0 Å². The molecule has 0 aliphatic heterocycles. The third-order valence-corrected chi connectivity index (χ3v) is 7.26. The Kier molecular flexibility index (Phi) is 9.10. The number of allylic oxidation sites excluding steroid dienone is 1. The lowest BCUT2D eigenvalue weighted by atomic mass is 9.91. The molecule has 38 heavy (non-hydrogen) atoms. The number of halogens is 10. The van der Waals surface area contributed by atoms with Crippen LogP contribution >= 0.6 is 34.8 Å². The summed E-state index contributed by atoms with van der Waals surface area (Å²) in [7, 11) is 0. The summed E-state index contributed by atoms with van der Waals surface area (Å²) < 4.78 is 95.1. The Morgan fingerprint density at radius 1 is 1.00 bits per heavy atom. The summed E-state index contributed by atoms with van der Waals surface area (Å²) in [5.41, 5.74) is -3.91. The van der Waals surface area contributed by atoms with Crippen LogP contribution in [0.4, 0.5) is 30.7 Å². The minimum absolute atomic E-state index is 0.148. The standard InChI is InChI=1S/C25H19Cl3F7NO2/c26-18-10-14(11-19(27)21(18)28)16(24(30,31)32)4-2-13-1-3-15(17(9-13)25(33,34)35)20(37)12-23(5-6-23)22(38)36-8-7-29/h1-4,9-11,16H,5-8,12H2,(H,36,38)/b4-2+. The molecule has 206 valence electrons. The highest BCUT2D eigenvalue weighted by Crippen LogP contribution is 2.50. The van der Waals surface area contributed by atoms with E-state index in [1.54, 1.807) is 0 Å². The number of ketones is 1. The number of nitrogens with one attached hydrogen (secondary N) is 1. The number of carbonyl (C=O) groups excluding carboxylic acids is 2. The molecule has 0 aromatic heterocycles. The Balaban J connectivity index is 1.92. The topological polar surface area (TPSA) is 46.2 Å². The van der Waals surface area contributed by atoms with E-state index >= 15 is 0 Å². The summed E-state index contributed by atoms with van der Waals surface area (Å²) in [4.78, 5) is 25.0. The quantitative estimate of drug-likeness (QED) is 0.177. The fraction of sp³-hybridized carbons (Fsp3) is 0.360. The van der Waals surface area contributed by atoms with Gasteiger partial charge in [0.25, 0.3) is 0 Å². The van der Waals surface area contributed by atoms with Crippen LogP contribution in [-0.2, 0) is 11.0 Å². The summed E-state index contributed by atoms with van der Waals surface area (Å²) in [6.45, 7) is -1.12. The van der Waals surface area contributed by atoms with E-state index in [0.717, 1.165) is 30.3 Å². The summed E-state index contributed by atoms with van der Waals surface area (Å²) in [6.07, 6.45) is -8.37. The Hall–Kier alpha value is -2.30. The van der Waals surface area contributed by atoms with E-state index in [9.17, 15) is 40.3 Å². The van der Waals surface area contributed by atoms with Gasteiger partial charge in [0.15, 0.2) is 5.78 Å². The van der Waals surface area contributed by atoms with Crippen molar-refractivity contribution in [1.29, 1.82) is 0 Å². The number of hydrogen-bond acceptors (Lipinski definition) is 2. The molecule has 1 fully saturated rings. The highest BCUT2D eigenvalue weighted by Gasteiger charge is 2.51. The van der Waals surface area contributed by atoms with Crippen LogP contribution < -0.4 is 5.32 Å². The number of rotatable bonds is 9. The molecule has 1 atom stereocenters. The van der Waals surface area contributed by atoms with Crippen LogP contribution in [0.25, 0.3) is 6.08 Å². The van der Waals surface area contributed by atoms with Crippen LogP contribution in [0.1, 0.15) is 52.2 Å². The van der Waals surface area contributed by atoms with E-state index < -0.39 is 59.6 Å². The highest BCUT2D eigenvalue weighted by molar-refractivity contribution is 6.48. The first-order chi connectivity index (χ1) is 17.6. The lowest BCUT2D eigenvalue weighted by molar-refractivity contribution is -0.139. The zero-order valence-corrected chi connectivity index (χ0v) is 21.5. The molecular weight excluding hydrogens is 586 g/mol. The second-order valence-corrected chi connectivity index (χ2v) is 10.00. The third kappa shape index (κ3) is 7.01. The zero-order valence-electron chi connectivity index (χ0n) is 19.3. The second kappa shape index (κ2) is 11.4. The first kappa shape index (κ1) is 30.2. The first-order valence-electron chi connectivity index (χ1n) is 11.1. The van der Waals surface area contributed by atoms with Gasteiger partial charge in [0.2, 0.25) is 5.91 Å². The largest absolute Gasteiger partial charge is 0.417 e. The minimum Gasteiger partial charge on any atom is -0.353 e. The van der Waals surface area contributed by atoms with Gasteiger partial charge in [0, 0.05) is 18.5 Å². The molecule has 1 aliphatic carbocycles. The summed E-state index contributed by atoms with van der Waals surface area (Å²) in [5, 5.41) is 1.69. The van der Waals surface area contributed by atoms with Crippen molar-refractivity contribution in [3.05, 3.63) is 73.7 Å². The van der Waals surface area contributed by atoms with Crippen molar-refractivity contribution in [1.82, 2.24) is 5.32 Å². The number of alkyl halides is 7. The van der Waals surface area contributed by atoms with Crippen LogP contribution in [0.5, 0.6) is 0 Å². The average molecular weight is 605 g/mol. The molecule has 0 heterocycles. The molecule has 13 heteroatoms. The number of hydrogen-bond donors (Lipinski definition) is 1. The van der Waals surface area contributed by atoms with Crippen molar-refractivity contribution in [2.45, 2.75) is 37.5 Å². The van der Waals surface area contributed by atoms with E-state index in [4.69, 9.17) is 34.8 Å². The molecule has 1 N–H and O–H groups in total. The maximum atomic E-state index is 13.8. The second-order valence-electron chi connectivity index (χ2n) is 8.80. The van der Waals surface area contributed by atoms with Crippen molar-refractivity contribution in [3.63, 3.8) is 0 Å². The van der Waals surface area contributed by atoms with Gasteiger partial charge in [-0.1, -0.05) is 59.1 Å². The number of Topliss-reactive ketones (excluding diaryl/α,β-unsaturated/α-hetero) is 1. The molecule has 1 saturated carbocycles. The first-order valence-corrected chi connectivity index (χ1v) is 12.2. The van der Waals surface area contributed by atoms with Gasteiger partial charge in [-0.05, 0) is 42.2 Å². The molecule has 1 amide bonds. The number of amides is 1. The molecule has 0 spiro atoms. The van der Waals surface area contributed by atoms with E-state index in [0.29, 0.717) is 12.1 Å². The molecule has 1 unspecified atom stereocenters. The van der Waals surface area contributed by atoms with Crippen molar-refractivity contribution in [3.8, 4) is 0 Å². The van der Waals surface area contributed by atoms with Crippen LogP contribution in [0.3, 0.4) is 0 Å². The predicted octanol–water partition coefficient (Wildman–Crippen LogP) is 8.46. The Morgan fingerprint density at radius 2 is 1.61 bits per heavy atom. The summed E-state index contributed by atoms with van der Waals surface area (Å²) >= 11 is 17.5. The van der Waals surface area contributed by atoms with Gasteiger partial charge in [0.1, 0.15) is 6.67 Å². The van der Waals surface area contributed by atoms with Crippen LogP contribution in [-0.4, -0.2) is 31.1 Å². The van der Waals surface area contributed by atoms with E-state index in [-0.39, 0.29) is 45.6 Å². The summed E-state index contributed by atoms with van der Waals surface area (Å²) in [6, 6.07) is 4.40. The van der Waals surface area contributed by atoms with Crippen LogP contribution in [0, 0.1) is 5.41 Å². The molecule has 1 aliphatic rings. The summed E-state index contributed by atoms with van der Waals surface area (Å²) in [5.74, 6) is -3.85. The van der Waals surface area contributed by atoms with Crippen LogP contribution in [0.2, 0.25) is 15.1 Å². The van der Waals surface area contributed by atoms with E-state index in [2.05, 4.69) is 5.32 Å². The van der Waals surface area contributed by atoms with Crippen molar-refractivity contribution in [2.75, 3.05) is 13.2 Å². The Bertz CT molecular complexity index is 1230. The fourth-order valence-electron chi connectivity index (χ4n) is 3.90. The zero-order chi connectivity index (χ0) is 28.5. The van der Waals surface area contributed by atoms with Gasteiger partial charge >= 0.3 is 12.4 Å². The lowest BCUT2D eigenvalue weighted by Gasteiger charge is -2.19. The number of carbonyl (C=O) groups is 2. The van der Waals surface area contributed by atoms with Crippen molar-refractivity contribution < 1.29 is 40.3 Å². The molecule has 0 bridgehead atoms. The molecule has 2 aromatic rings. The van der Waals surface area contributed by atoms with Crippen molar-refractivity contribution in [2.24, 2.45) is 5.41 Å². The molecule has 3 nitrogen and oxygen atoms in total. The van der Waals surface area contributed by atoms with Gasteiger partial charge in [-0.15, -0.1) is 0 Å². The minimum atomic E-state index is -5.01. The van der Waals surface area contributed by atoms with Gasteiger partial charge in [-0.3, -0.25) is 9.59 Å². The average Bonchev–Trinajstić information content (AvgIpc) is 3.60. The Morgan fingerprint density at radius 3 is 2.11 bits per heavy atom. The maximum absolute atomic E-state index is 13.8.